The molecule has 0 aliphatic carbocycles. The lowest BCUT2D eigenvalue weighted by atomic mass is 10.1. The summed E-state index contributed by atoms with van der Waals surface area (Å²) in [4.78, 5) is 4.12. The van der Waals surface area contributed by atoms with Crippen LogP contribution in [-0.2, 0) is 6.54 Å². The van der Waals surface area contributed by atoms with Crippen molar-refractivity contribution in [3.05, 3.63) is 24.0 Å². The second-order valence-electron chi connectivity index (χ2n) is 4.69. The summed E-state index contributed by atoms with van der Waals surface area (Å²) < 4.78 is 5.78. The van der Waals surface area contributed by atoms with Gasteiger partial charge in [-0.2, -0.15) is 0 Å². The van der Waals surface area contributed by atoms with E-state index in [1.54, 1.807) is 0 Å². The average molecular weight is 236 g/mol. The molecule has 0 radical (unpaired) electrons. The third-order valence-electron chi connectivity index (χ3n) is 2.57. The minimum atomic E-state index is 0.674. The fourth-order valence-corrected chi connectivity index (χ4v) is 1.49. The van der Waals surface area contributed by atoms with Gasteiger partial charge in [0.05, 0.1) is 12.8 Å². The first kappa shape index (κ1) is 14.0. The van der Waals surface area contributed by atoms with E-state index in [2.05, 4.69) is 31.1 Å². The van der Waals surface area contributed by atoms with Crippen molar-refractivity contribution in [1.29, 1.82) is 0 Å². The van der Waals surface area contributed by atoms with E-state index in [0.717, 1.165) is 38.3 Å². The molecule has 1 aromatic rings. The molecule has 0 aromatic carbocycles. The molecule has 3 nitrogen and oxygen atoms in total. The molecule has 0 aliphatic heterocycles. The van der Waals surface area contributed by atoms with Crippen molar-refractivity contribution in [3.63, 3.8) is 0 Å². The molecule has 0 saturated carbocycles. The fraction of sp³-hybridized carbons (Fsp3) is 0.643. The summed E-state index contributed by atoms with van der Waals surface area (Å²) >= 11 is 0. The fourth-order valence-electron chi connectivity index (χ4n) is 1.49. The van der Waals surface area contributed by atoms with E-state index in [-0.39, 0.29) is 0 Å². The number of nitrogens with zero attached hydrogens (tertiary/aromatic N) is 1. The third kappa shape index (κ3) is 5.68. The lowest BCUT2D eigenvalue weighted by Gasteiger charge is -2.12. The highest BCUT2D eigenvalue weighted by Gasteiger charge is 2.03. The number of hydrogen-bond acceptors (Lipinski definition) is 3. The Bertz CT molecular complexity index is 313. The van der Waals surface area contributed by atoms with E-state index in [4.69, 9.17) is 4.74 Å². The molecule has 96 valence electrons. The maximum Gasteiger partial charge on any atom is 0.142 e. The first-order valence-electron chi connectivity index (χ1n) is 6.50. The zero-order chi connectivity index (χ0) is 12.5. The molecule has 0 amide bonds. The first-order valence-corrected chi connectivity index (χ1v) is 6.50. The van der Waals surface area contributed by atoms with Gasteiger partial charge in [0.2, 0.25) is 0 Å². The van der Waals surface area contributed by atoms with Crippen LogP contribution in [0.25, 0.3) is 0 Å². The van der Waals surface area contributed by atoms with Crippen molar-refractivity contribution >= 4 is 0 Å². The number of aromatic nitrogens is 1. The van der Waals surface area contributed by atoms with Crippen LogP contribution < -0.4 is 10.1 Å². The smallest absolute Gasteiger partial charge is 0.142 e. The van der Waals surface area contributed by atoms with E-state index < -0.39 is 0 Å². The van der Waals surface area contributed by atoms with Gasteiger partial charge in [-0.05, 0) is 31.4 Å². The molecule has 0 spiro atoms. The Morgan fingerprint density at radius 3 is 2.94 bits per heavy atom. The van der Waals surface area contributed by atoms with Crippen LogP contribution >= 0.6 is 0 Å². The Labute approximate surface area is 105 Å². The monoisotopic (exact) mass is 236 g/mol. The molecule has 0 saturated heterocycles. The molecule has 0 fully saturated rings. The van der Waals surface area contributed by atoms with Crippen molar-refractivity contribution in [2.75, 3.05) is 13.2 Å². The van der Waals surface area contributed by atoms with Crippen molar-refractivity contribution in [2.24, 2.45) is 5.92 Å². The summed E-state index contributed by atoms with van der Waals surface area (Å²) in [6, 6.07) is 2.02. The molecule has 1 rings (SSSR count). The number of hydrogen-bond donors (Lipinski definition) is 1. The molecule has 0 unspecified atom stereocenters. The van der Waals surface area contributed by atoms with E-state index in [1.807, 2.05) is 18.5 Å². The summed E-state index contributed by atoms with van der Waals surface area (Å²) in [5.41, 5.74) is 1.19. The maximum absolute atomic E-state index is 5.78. The third-order valence-corrected chi connectivity index (χ3v) is 2.57. The van der Waals surface area contributed by atoms with Crippen LogP contribution in [0.1, 0.15) is 39.2 Å². The summed E-state index contributed by atoms with van der Waals surface area (Å²) in [5, 5.41) is 3.38. The van der Waals surface area contributed by atoms with Gasteiger partial charge in [-0.3, -0.25) is 4.98 Å². The van der Waals surface area contributed by atoms with Crippen LogP contribution in [0.2, 0.25) is 0 Å². The highest BCUT2D eigenvalue weighted by molar-refractivity contribution is 5.29. The van der Waals surface area contributed by atoms with Crippen molar-refractivity contribution in [1.82, 2.24) is 10.3 Å². The van der Waals surface area contributed by atoms with E-state index in [9.17, 15) is 0 Å². The molecule has 0 atom stereocenters. The Hall–Kier alpha value is -1.09. The topological polar surface area (TPSA) is 34.2 Å². The predicted octanol–water partition coefficient (Wildman–Crippen LogP) is 3.01. The standard InChI is InChI=1S/C14H24N2O/c1-4-7-15-10-13-5-8-16-11-14(13)17-9-6-12(2)3/h5,8,11-12,15H,4,6-7,9-10H2,1-3H3. The predicted molar refractivity (Wildman–Crippen MR) is 71.2 cm³/mol. The van der Waals surface area contributed by atoms with Crippen LogP contribution in [0.4, 0.5) is 0 Å². The summed E-state index contributed by atoms with van der Waals surface area (Å²) in [6.07, 6.45) is 5.85. The quantitative estimate of drug-likeness (QED) is 0.705. The average Bonchev–Trinajstić information content (AvgIpc) is 2.31. The van der Waals surface area contributed by atoms with Crippen LogP contribution in [-0.4, -0.2) is 18.1 Å². The van der Waals surface area contributed by atoms with Gasteiger partial charge in [-0.1, -0.05) is 20.8 Å². The molecular weight excluding hydrogens is 212 g/mol. The van der Waals surface area contributed by atoms with Gasteiger partial charge in [0.15, 0.2) is 0 Å². The van der Waals surface area contributed by atoms with Crippen LogP contribution in [0, 0.1) is 5.92 Å². The first-order chi connectivity index (χ1) is 8.24. The highest BCUT2D eigenvalue weighted by atomic mass is 16.5. The van der Waals surface area contributed by atoms with E-state index in [0.29, 0.717) is 5.92 Å². The minimum absolute atomic E-state index is 0.674. The second-order valence-corrected chi connectivity index (χ2v) is 4.69. The van der Waals surface area contributed by atoms with Gasteiger partial charge in [-0.25, -0.2) is 0 Å². The largest absolute Gasteiger partial charge is 0.492 e. The number of ether oxygens (including phenoxy) is 1. The Morgan fingerprint density at radius 2 is 2.24 bits per heavy atom. The van der Waals surface area contributed by atoms with Gasteiger partial charge in [0, 0.05) is 18.3 Å². The van der Waals surface area contributed by atoms with Crippen molar-refractivity contribution in [2.45, 2.75) is 40.2 Å². The van der Waals surface area contributed by atoms with E-state index >= 15 is 0 Å². The van der Waals surface area contributed by atoms with E-state index in [1.165, 1.54) is 5.56 Å². The SMILES string of the molecule is CCCNCc1ccncc1OCCC(C)C. The number of nitrogens with one attached hydrogen (secondary N) is 1. The Balaban J connectivity index is 2.46. The summed E-state index contributed by atoms with van der Waals surface area (Å²) in [6.45, 7) is 9.23. The zero-order valence-electron chi connectivity index (χ0n) is 11.2. The second kappa shape index (κ2) is 8.07. The lowest BCUT2D eigenvalue weighted by Crippen LogP contribution is -2.15. The Kier molecular flexibility index (Phi) is 6.63. The highest BCUT2D eigenvalue weighted by Crippen LogP contribution is 2.16. The van der Waals surface area contributed by atoms with Gasteiger partial charge in [0.25, 0.3) is 0 Å². The normalized spacial score (nSPS) is 10.8. The molecule has 0 bridgehead atoms. The molecule has 0 aliphatic rings. The van der Waals surface area contributed by atoms with Crippen LogP contribution in [0.15, 0.2) is 18.5 Å². The van der Waals surface area contributed by atoms with Gasteiger partial charge in [-0.15, -0.1) is 0 Å². The summed E-state index contributed by atoms with van der Waals surface area (Å²) in [5.74, 6) is 1.59. The zero-order valence-corrected chi connectivity index (χ0v) is 11.2. The number of rotatable bonds is 8. The minimum Gasteiger partial charge on any atom is -0.492 e. The molecule has 17 heavy (non-hydrogen) atoms. The van der Waals surface area contributed by atoms with Crippen LogP contribution in [0.3, 0.4) is 0 Å². The van der Waals surface area contributed by atoms with Crippen LogP contribution in [0.5, 0.6) is 5.75 Å². The summed E-state index contributed by atoms with van der Waals surface area (Å²) in [7, 11) is 0. The van der Waals surface area contributed by atoms with Gasteiger partial charge >= 0.3 is 0 Å². The number of pyridine rings is 1. The molecular formula is C14H24N2O. The maximum atomic E-state index is 5.78. The van der Waals surface area contributed by atoms with Gasteiger partial charge < -0.3 is 10.1 Å². The molecule has 1 N–H and O–H groups in total. The van der Waals surface area contributed by atoms with Gasteiger partial charge in [0.1, 0.15) is 5.75 Å². The molecule has 1 heterocycles. The molecule has 3 heteroatoms. The lowest BCUT2D eigenvalue weighted by molar-refractivity contribution is 0.285. The molecule has 1 aromatic heterocycles. The van der Waals surface area contributed by atoms with Crippen molar-refractivity contribution in [3.8, 4) is 5.75 Å². The van der Waals surface area contributed by atoms with Crippen molar-refractivity contribution < 1.29 is 4.74 Å². The Morgan fingerprint density at radius 1 is 1.41 bits per heavy atom.